The normalized spacial score (nSPS) is 26.2. The zero-order valence-electron chi connectivity index (χ0n) is 14.0. The number of carbonyl (C=O) groups is 2. The van der Waals surface area contributed by atoms with E-state index in [2.05, 4.69) is 5.32 Å². The molecular formula is C18H24N2O3. The van der Waals surface area contributed by atoms with Gasteiger partial charge in [0.05, 0.1) is 5.41 Å². The van der Waals surface area contributed by atoms with Crippen molar-refractivity contribution in [1.29, 1.82) is 0 Å². The number of hydrogen-bond donors (Lipinski definition) is 2. The molecule has 1 aromatic carbocycles. The first-order valence-electron chi connectivity index (χ1n) is 8.20. The first-order valence-corrected chi connectivity index (χ1v) is 8.20. The Morgan fingerprint density at radius 2 is 1.91 bits per heavy atom. The quantitative estimate of drug-likeness (QED) is 0.879. The molecule has 0 bridgehead atoms. The van der Waals surface area contributed by atoms with Gasteiger partial charge in [-0.3, -0.25) is 4.79 Å². The molecule has 2 fully saturated rings. The molecule has 0 aromatic heterocycles. The average Bonchev–Trinajstić information content (AvgIpc) is 3.00. The molecule has 23 heavy (non-hydrogen) atoms. The van der Waals surface area contributed by atoms with Crippen LogP contribution >= 0.6 is 0 Å². The van der Waals surface area contributed by atoms with E-state index in [-0.39, 0.29) is 11.9 Å². The van der Waals surface area contributed by atoms with Gasteiger partial charge in [-0.25, -0.2) is 4.79 Å². The molecule has 2 aliphatic rings. The van der Waals surface area contributed by atoms with E-state index in [1.165, 1.54) is 5.56 Å². The molecule has 1 heterocycles. The first-order chi connectivity index (χ1) is 10.8. The number of aliphatic carboxylic acids is 1. The summed E-state index contributed by atoms with van der Waals surface area (Å²) in [6.45, 7) is 6.86. The maximum atomic E-state index is 12.6. The Balaban J connectivity index is 1.77. The van der Waals surface area contributed by atoms with Gasteiger partial charge in [-0.2, -0.15) is 0 Å². The van der Waals surface area contributed by atoms with Crippen molar-refractivity contribution in [3.63, 3.8) is 0 Å². The summed E-state index contributed by atoms with van der Waals surface area (Å²) in [6.07, 6.45) is 2.53. The summed E-state index contributed by atoms with van der Waals surface area (Å²) in [5, 5.41) is 12.6. The number of carboxylic acids is 1. The van der Waals surface area contributed by atoms with Crippen LogP contribution in [0.5, 0.6) is 0 Å². The molecular weight excluding hydrogens is 292 g/mol. The van der Waals surface area contributed by atoms with Gasteiger partial charge in [-0.05, 0) is 50.7 Å². The lowest BCUT2D eigenvalue weighted by molar-refractivity contribution is -0.149. The summed E-state index contributed by atoms with van der Waals surface area (Å²) in [5.74, 6) is -0.663. The molecule has 2 amide bonds. The van der Waals surface area contributed by atoms with Gasteiger partial charge in [0.1, 0.15) is 0 Å². The predicted molar refractivity (Wildman–Crippen MR) is 88.7 cm³/mol. The molecule has 0 radical (unpaired) electrons. The van der Waals surface area contributed by atoms with Gasteiger partial charge in [0.2, 0.25) is 0 Å². The number of carbonyl (C=O) groups excluding carboxylic acids is 1. The summed E-state index contributed by atoms with van der Waals surface area (Å²) >= 11 is 0. The molecule has 2 atom stereocenters. The SMILES string of the molecule is Cc1cc(C)c(NC(=O)N2C[C@@H]3CCC[C@@]3(C(=O)O)C2)c(C)c1. The van der Waals surface area contributed by atoms with Crippen molar-refractivity contribution >= 4 is 17.7 Å². The number of nitrogens with zero attached hydrogens (tertiary/aromatic N) is 1. The minimum Gasteiger partial charge on any atom is -0.481 e. The number of benzene rings is 1. The van der Waals surface area contributed by atoms with Crippen molar-refractivity contribution in [3.05, 3.63) is 28.8 Å². The summed E-state index contributed by atoms with van der Waals surface area (Å²) in [6, 6.07) is 3.90. The van der Waals surface area contributed by atoms with Crippen LogP contribution in [-0.4, -0.2) is 35.1 Å². The highest BCUT2D eigenvalue weighted by Gasteiger charge is 2.55. The highest BCUT2D eigenvalue weighted by molar-refractivity contribution is 5.92. The number of hydrogen-bond acceptors (Lipinski definition) is 2. The summed E-state index contributed by atoms with van der Waals surface area (Å²) in [7, 11) is 0. The van der Waals surface area contributed by atoms with Crippen LogP contribution in [0.3, 0.4) is 0 Å². The second kappa shape index (κ2) is 5.55. The lowest BCUT2D eigenvalue weighted by Gasteiger charge is -2.24. The fraction of sp³-hybridized carbons (Fsp3) is 0.556. The average molecular weight is 316 g/mol. The Morgan fingerprint density at radius 1 is 1.26 bits per heavy atom. The number of anilines is 1. The van der Waals surface area contributed by atoms with Gasteiger partial charge in [0, 0.05) is 18.8 Å². The highest BCUT2D eigenvalue weighted by atomic mass is 16.4. The molecule has 2 N–H and O–H groups in total. The molecule has 124 valence electrons. The van der Waals surface area contributed by atoms with Crippen molar-refractivity contribution in [2.24, 2.45) is 11.3 Å². The van der Waals surface area contributed by atoms with Gasteiger partial charge in [0.15, 0.2) is 0 Å². The second-order valence-corrected chi connectivity index (χ2v) is 7.13. The molecule has 0 spiro atoms. The second-order valence-electron chi connectivity index (χ2n) is 7.13. The predicted octanol–water partition coefficient (Wildman–Crippen LogP) is 3.33. The van der Waals surface area contributed by atoms with Crippen LogP contribution in [0.25, 0.3) is 0 Å². The molecule has 5 heteroatoms. The summed E-state index contributed by atoms with van der Waals surface area (Å²) in [5.41, 5.74) is 3.33. The zero-order valence-corrected chi connectivity index (χ0v) is 14.0. The Hall–Kier alpha value is -2.04. The number of nitrogens with one attached hydrogen (secondary N) is 1. The van der Waals surface area contributed by atoms with E-state index in [1.54, 1.807) is 4.90 Å². The van der Waals surface area contributed by atoms with Gasteiger partial charge in [-0.15, -0.1) is 0 Å². The lowest BCUT2D eigenvalue weighted by atomic mass is 9.81. The van der Waals surface area contributed by atoms with E-state index >= 15 is 0 Å². The monoisotopic (exact) mass is 316 g/mol. The minimum atomic E-state index is -0.752. The van der Waals surface area contributed by atoms with Crippen molar-refractivity contribution in [2.75, 3.05) is 18.4 Å². The van der Waals surface area contributed by atoms with E-state index < -0.39 is 11.4 Å². The number of urea groups is 1. The maximum Gasteiger partial charge on any atom is 0.321 e. The van der Waals surface area contributed by atoms with Crippen molar-refractivity contribution in [1.82, 2.24) is 4.90 Å². The van der Waals surface area contributed by atoms with E-state index in [0.29, 0.717) is 19.5 Å². The fourth-order valence-electron chi connectivity index (χ4n) is 4.36. The Kier molecular flexibility index (Phi) is 3.82. The molecule has 5 nitrogen and oxygen atoms in total. The highest BCUT2D eigenvalue weighted by Crippen LogP contribution is 2.49. The number of carboxylic acid groups (broad SMARTS) is 1. The van der Waals surface area contributed by atoms with Gasteiger partial charge < -0.3 is 15.3 Å². The van der Waals surface area contributed by atoms with E-state index in [1.807, 2.05) is 32.9 Å². The first kappa shape index (κ1) is 15.8. The molecule has 1 aliphatic heterocycles. The molecule has 1 aliphatic carbocycles. The third-order valence-corrected chi connectivity index (χ3v) is 5.49. The van der Waals surface area contributed by atoms with Crippen molar-refractivity contribution in [2.45, 2.75) is 40.0 Å². The standard InChI is InChI=1S/C18H24N2O3/c1-11-7-12(2)15(13(3)8-11)19-17(23)20-9-14-5-4-6-18(14,10-20)16(21)22/h7-8,14H,4-6,9-10H2,1-3H3,(H,19,23)(H,21,22)/t14-,18+/m0/s1. The number of rotatable bonds is 2. The summed E-state index contributed by atoms with van der Waals surface area (Å²) < 4.78 is 0. The third-order valence-electron chi connectivity index (χ3n) is 5.49. The Labute approximate surface area is 136 Å². The van der Waals surface area contributed by atoms with Crippen molar-refractivity contribution in [3.8, 4) is 0 Å². The molecule has 3 rings (SSSR count). The van der Waals surface area contributed by atoms with Crippen LogP contribution in [-0.2, 0) is 4.79 Å². The molecule has 0 unspecified atom stereocenters. The third kappa shape index (κ3) is 2.58. The van der Waals surface area contributed by atoms with Crippen LogP contribution in [0.4, 0.5) is 10.5 Å². The lowest BCUT2D eigenvalue weighted by Crippen LogP contribution is -2.38. The topological polar surface area (TPSA) is 69.6 Å². The maximum absolute atomic E-state index is 12.6. The van der Waals surface area contributed by atoms with Crippen LogP contribution in [0, 0.1) is 32.1 Å². The smallest absolute Gasteiger partial charge is 0.321 e. The van der Waals surface area contributed by atoms with Crippen LogP contribution < -0.4 is 5.32 Å². The molecule has 1 saturated heterocycles. The number of aryl methyl sites for hydroxylation is 3. The largest absolute Gasteiger partial charge is 0.481 e. The van der Waals surface area contributed by atoms with E-state index in [0.717, 1.165) is 29.7 Å². The Morgan fingerprint density at radius 3 is 2.48 bits per heavy atom. The Bertz CT molecular complexity index is 647. The fourth-order valence-corrected chi connectivity index (χ4v) is 4.36. The van der Waals surface area contributed by atoms with Crippen LogP contribution in [0.15, 0.2) is 12.1 Å². The number of amides is 2. The van der Waals surface area contributed by atoms with E-state index in [4.69, 9.17) is 0 Å². The van der Waals surface area contributed by atoms with Crippen molar-refractivity contribution < 1.29 is 14.7 Å². The van der Waals surface area contributed by atoms with E-state index in [9.17, 15) is 14.7 Å². The number of fused-ring (bicyclic) bond motifs is 1. The minimum absolute atomic E-state index is 0.0889. The number of likely N-dealkylation sites (tertiary alicyclic amines) is 1. The van der Waals surface area contributed by atoms with Gasteiger partial charge in [-0.1, -0.05) is 24.1 Å². The van der Waals surface area contributed by atoms with Crippen LogP contribution in [0.2, 0.25) is 0 Å². The summed E-state index contributed by atoms with van der Waals surface area (Å²) in [4.78, 5) is 26.0. The molecule has 1 saturated carbocycles. The van der Waals surface area contributed by atoms with Crippen LogP contribution in [0.1, 0.15) is 36.0 Å². The molecule has 1 aromatic rings. The van der Waals surface area contributed by atoms with Gasteiger partial charge >= 0.3 is 12.0 Å². The van der Waals surface area contributed by atoms with Gasteiger partial charge in [0.25, 0.3) is 0 Å². The zero-order chi connectivity index (χ0) is 16.8.